The molecule has 19 heavy (non-hydrogen) atoms. The predicted molar refractivity (Wildman–Crippen MR) is 67.2 cm³/mol. The van der Waals surface area contributed by atoms with Crippen molar-refractivity contribution >= 4 is 11.7 Å². The van der Waals surface area contributed by atoms with Crippen LogP contribution in [0.1, 0.15) is 23.2 Å². The smallest absolute Gasteiger partial charge is 0.258 e. The number of rotatable bonds is 2. The summed E-state index contributed by atoms with van der Waals surface area (Å²) in [4.78, 5) is 13.7. The maximum absolute atomic E-state index is 12.3. The molecule has 0 bridgehead atoms. The molecule has 1 aromatic carbocycles. The quantitative estimate of drug-likeness (QED) is 0.268. The summed E-state index contributed by atoms with van der Waals surface area (Å²) in [5.74, 6) is -0.852. The average Bonchev–Trinajstić information content (AvgIpc) is 2.86. The van der Waals surface area contributed by atoms with E-state index in [2.05, 4.69) is 5.16 Å². The number of likely N-dealkylation sites (tertiary alicyclic amines) is 1. The first-order valence-electron chi connectivity index (χ1n) is 5.85. The largest absolute Gasteiger partial charge is 0.508 e. The Morgan fingerprint density at radius 3 is 2.79 bits per heavy atom. The fourth-order valence-electron chi connectivity index (χ4n) is 2.24. The van der Waals surface area contributed by atoms with Gasteiger partial charge in [0, 0.05) is 12.6 Å². The maximum atomic E-state index is 12.3. The Morgan fingerprint density at radius 2 is 2.16 bits per heavy atom. The van der Waals surface area contributed by atoms with Gasteiger partial charge in [0.15, 0.2) is 5.84 Å². The molecule has 0 aromatic heterocycles. The number of benzene rings is 1. The summed E-state index contributed by atoms with van der Waals surface area (Å²) in [6.45, 7) is 0.472. The highest BCUT2D eigenvalue weighted by molar-refractivity contribution is 6.00. The molecule has 1 saturated heterocycles. The number of phenolic OH excluding ortho intramolecular Hbond substituents is 2. The van der Waals surface area contributed by atoms with Crippen molar-refractivity contribution in [1.82, 2.24) is 4.90 Å². The molecular weight excluding hydrogens is 250 g/mol. The number of carbonyl (C=O) groups excluding carboxylic acids is 1. The van der Waals surface area contributed by atoms with Gasteiger partial charge in [-0.05, 0) is 25.0 Å². The molecule has 1 fully saturated rings. The SMILES string of the molecule is N/C(=N/O)C1CCCN1C(=O)c1ccc(O)cc1O. The number of hydrogen-bond donors (Lipinski definition) is 4. The van der Waals surface area contributed by atoms with Crippen LogP contribution in [0.5, 0.6) is 11.5 Å². The Balaban J connectivity index is 2.28. The first-order valence-corrected chi connectivity index (χ1v) is 5.85. The first-order chi connectivity index (χ1) is 9.04. The molecule has 102 valence electrons. The number of hydrogen-bond acceptors (Lipinski definition) is 5. The molecule has 1 heterocycles. The number of carbonyl (C=O) groups is 1. The van der Waals surface area contributed by atoms with Crippen molar-refractivity contribution in [3.8, 4) is 11.5 Å². The summed E-state index contributed by atoms with van der Waals surface area (Å²) in [6, 6.07) is 3.29. The third-order valence-corrected chi connectivity index (χ3v) is 3.18. The van der Waals surface area contributed by atoms with E-state index >= 15 is 0 Å². The number of aromatic hydroxyl groups is 2. The summed E-state index contributed by atoms with van der Waals surface area (Å²) in [6.07, 6.45) is 1.35. The molecule has 2 rings (SSSR count). The van der Waals surface area contributed by atoms with Gasteiger partial charge in [-0.3, -0.25) is 4.79 Å². The second-order valence-electron chi connectivity index (χ2n) is 4.38. The minimum Gasteiger partial charge on any atom is -0.508 e. The van der Waals surface area contributed by atoms with E-state index in [0.717, 1.165) is 12.5 Å². The molecule has 1 amide bonds. The van der Waals surface area contributed by atoms with E-state index in [1.165, 1.54) is 17.0 Å². The average molecular weight is 265 g/mol. The summed E-state index contributed by atoms with van der Waals surface area (Å²) in [5, 5.41) is 30.5. The highest BCUT2D eigenvalue weighted by atomic mass is 16.4. The van der Waals surface area contributed by atoms with Crippen LogP contribution in [0.4, 0.5) is 0 Å². The van der Waals surface area contributed by atoms with Crippen molar-refractivity contribution < 1.29 is 20.2 Å². The highest BCUT2D eigenvalue weighted by Gasteiger charge is 2.33. The van der Waals surface area contributed by atoms with Crippen molar-refractivity contribution in [1.29, 1.82) is 0 Å². The van der Waals surface area contributed by atoms with Crippen LogP contribution < -0.4 is 5.73 Å². The highest BCUT2D eigenvalue weighted by Crippen LogP contribution is 2.27. The minimum absolute atomic E-state index is 0.0240. The molecule has 1 unspecified atom stereocenters. The standard InChI is InChI=1S/C12H15N3O4/c13-11(14-19)9-2-1-5-15(9)12(18)8-4-3-7(16)6-10(8)17/h3-4,6,9,16-17,19H,1-2,5H2,(H2,13,14). The Morgan fingerprint density at radius 1 is 1.42 bits per heavy atom. The maximum Gasteiger partial charge on any atom is 0.258 e. The van der Waals surface area contributed by atoms with Gasteiger partial charge in [0.2, 0.25) is 0 Å². The third kappa shape index (κ3) is 2.40. The van der Waals surface area contributed by atoms with Gasteiger partial charge in [0.1, 0.15) is 11.5 Å². The van der Waals surface area contributed by atoms with E-state index in [0.29, 0.717) is 13.0 Å². The summed E-state index contributed by atoms with van der Waals surface area (Å²) in [7, 11) is 0. The van der Waals surface area contributed by atoms with Gasteiger partial charge in [-0.2, -0.15) is 0 Å². The Labute approximate surface area is 109 Å². The van der Waals surface area contributed by atoms with Crippen LogP contribution in [-0.4, -0.2) is 44.6 Å². The van der Waals surface area contributed by atoms with Crippen LogP contribution in [-0.2, 0) is 0 Å². The van der Waals surface area contributed by atoms with Crippen LogP contribution in [0.15, 0.2) is 23.4 Å². The monoisotopic (exact) mass is 265 g/mol. The van der Waals surface area contributed by atoms with Crippen LogP contribution in [0.3, 0.4) is 0 Å². The van der Waals surface area contributed by atoms with E-state index in [1.54, 1.807) is 0 Å². The minimum atomic E-state index is -0.467. The Hall–Kier alpha value is -2.44. The number of phenols is 2. The van der Waals surface area contributed by atoms with Gasteiger partial charge in [0.25, 0.3) is 5.91 Å². The number of amides is 1. The summed E-state index contributed by atoms with van der Waals surface area (Å²) >= 11 is 0. The lowest BCUT2D eigenvalue weighted by Crippen LogP contribution is -2.43. The van der Waals surface area contributed by atoms with Gasteiger partial charge in [0.05, 0.1) is 11.6 Å². The molecular formula is C12H15N3O4. The van der Waals surface area contributed by atoms with Gasteiger partial charge in [-0.15, -0.1) is 0 Å². The number of nitrogens with two attached hydrogens (primary N) is 1. The molecule has 1 atom stereocenters. The molecule has 0 saturated carbocycles. The lowest BCUT2D eigenvalue weighted by molar-refractivity contribution is 0.0765. The van der Waals surface area contributed by atoms with E-state index in [9.17, 15) is 15.0 Å². The van der Waals surface area contributed by atoms with Crippen molar-refractivity contribution in [3.63, 3.8) is 0 Å². The number of oxime groups is 1. The van der Waals surface area contributed by atoms with Gasteiger partial charge in [-0.1, -0.05) is 5.16 Å². The van der Waals surface area contributed by atoms with Crippen LogP contribution in [0.25, 0.3) is 0 Å². The molecule has 0 radical (unpaired) electrons. The second kappa shape index (κ2) is 5.05. The van der Waals surface area contributed by atoms with Crippen molar-refractivity contribution in [2.24, 2.45) is 10.9 Å². The molecule has 0 spiro atoms. The van der Waals surface area contributed by atoms with Gasteiger partial charge >= 0.3 is 0 Å². The summed E-state index contributed by atoms with van der Waals surface area (Å²) < 4.78 is 0. The third-order valence-electron chi connectivity index (χ3n) is 3.18. The Kier molecular flexibility index (Phi) is 3.46. The molecule has 5 N–H and O–H groups in total. The van der Waals surface area contributed by atoms with Gasteiger partial charge in [-0.25, -0.2) is 0 Å². The fourth-order valence-corrected chi connectivity index (χ4v) is 2.24. The molecule has 1 aliphatic heterocycles. The molecule has 7 heteroatoms. The van der Waals surface area contributed by atoms with E-state index in [-0.39, 0.29) is 22.9 Å². The molecule has 0 aliphatic carbocycles. The lowest BCUT2D eigenvalue weighted by atomic mass is 10.1. The molecule has 7 nitrogen and oxygen atoms in total. The van der Waals surface area contributed by atoms with Crippen molar-refractivity contribution in [2.75, 3.05) is 6.54 Å². The Bertz CT molecular complexity index is 530. The topological polar surface area (TPSA) is 119 Å². The zero-order valence-electron chi connectivity index (χ0n) is 10.2. The van der Waals surface area contributed by atoms with Crippen LogP contribution >= 0.6 is 0 Å². The summed E-state index contributed by atoms with van der Waals surface area (Å²) in [5.41, 5.74) is 5.63. The fraction of sp³-hybridized carbons (Fsp3) is 0.333. The van der Waals surface area contributed by atoms with E-state index < -0.39 is 11.9 Å². The van der Waals surface area contributed by atoms with E-state index in [4.69, 9.17) is 10.9 Å². The second-order valence-corrected chi connectivity index (χ2v) is 4.38. The normalized spacial score (nSPS) is 19.7. The number of amidine groups is 1. The van der Waals surface area contributed by atoms with Crippen LogP contribution in [0, 0.1) is 0 Å². The van der Waals surface area contributed by atoms with Gasteiger partial charge < -0.3 is 26.1 Å². The zero-order valence-corrected chi connectivity index (χ0v) is 10.2. The van der Waals surface area contributed by atoms with Crippen molar-refractivity contribution in [2.45, 2.75) is 18.9 Å². The molecule has 1 aliphatic rings. The number of nitrogens with zero attached hydrogens (tertiary/aromatic N) is 2. The predicted octanol–water partition coefficient (Wildman–Crippen LogP) is 0.449. The van der Waals surface area contributed by atoms with Crippen LogP contribution in [0.2, 0.25) is 0 Å². The molecule has 1 aromatic rings. The first kappa shape index (κ1) is 13.0. The van der Waals surface area contributed by atoms with Crippen molar-refractivity contribution in [3.05, 3.63) is 23.8 Å². The van der Waals surface area contributed by atoms with E-state index in [1.807, 2.05) is 0 Å². The lowest BCUT2D eigenvalue weighted by Gasteiger charge is -2.23. The zero-order chi connectivity index (χ0) is 14.0.